The topological polar surface area (TPSA) is 53.5 Å². The van der Waals surface area contributed by atoms with Gasteiger partial charge in [-0.2, -0.15) is 13.2 Å². The number of hydrogen-bond donors (Lipinski definition) is 0. The van der Waals surface area contributed by atoms with Gasteiger partial charge in [0.2, 0.25) is 0 Å². The van der Waals surface area contributed by atoms with Crippen molar-refractivity contribution in [1.29, 1.82) is 0 Å². The van der Waals surface area contributed by atoms with Crippen LogP contribution in [0.1, 0.15) is 24.0 Å². The molecule has 1 saturated heterocycles. The van der Waals surface area contributed by atoms with E-state index < -0.39 is 30.2 Å². The minimum absolute atomic E-state index is 0.0586. The first-order valence-electron chi connectivity index (χ1n) is 6.95. The van der Waals surface area contributed by atoms with Gasteiger partial charge in [0.1, 0.15) is 6.54 Å². The molecule has 1 aromatic rings. The molecule has 2 heterocycles. The molecule has 22 heavy (non-hydrogen) atoms. The average molecular weight is 313 g/mol. The number of carbonyl (C=O) groups excluding carboxylic acids is 2. The highest BCUT2D eigenvalue weighted by Crippen LogP contribution is 2.33. The number of pyridine rings is 1. The van der Waals surface area contributed by atoms with E-state index in [1.807, 2.05) is 0 Å². The third kappa shape index (κ3) is 2.90. The van der Waals surface area contributed by atoms with Gasteiger partial charge in [0.05, 0.1) is 12.1 Å². The smallest absolute Gasteiger partial charge is 0.315 e. The second-order valence-electron chi connectivity index (χ2n) is 5.62. The Morgan fingerprint density at radius 3 is 2.64 bits per heavy atom. The van der Waals surface area contributed by atoms with Crippen LogP contribution in [0.4, 0.5) is 18.0 Å². The van der Waals surface area contributed by atoms with Crippen molar-refractivity contribution in [3.8, 4) is 0 Å². The van der Waals surface area contributed by atoms with E-state index in [2.05, 4.69) is 4.98 Å². The maximum Gasteiger partial charge on any atom is 0.416 e. The number of imide groups is 1. The number of urea groups is 1. The molecule has 0 bridgehead atoms. The van der Waals surface area contributed by atoms with Gasteiger partial charge in [-0.25, -0.2) is 4.79 Å². The number of carbonyl (C=O) groups is 2. The summed E-state index contributed by atoms with van der Waals surface area (Å²) in [4.78, 5) is 30.0. The maximum absolute atomic E-state index is 12.9. The van der Waals surface area contributed by atoms with Crippen LogP contribution in [0.15, 0.2) is 18.5 Å². The van der Waals surface area contributed by atoms with E-state index in [0.29, 0.717) is 12.5 Å². The molecular formula is C14H14F3N3O2. The first-order chi connectivity index (χ1) is 10.4. The molecule has 1 aliphatic carbocycles. The van der Waals surface area contributed by atoms with E-state index in [1.54, 1.807) is 0 Å². The molecule has 0 unspecified atom stereocenters. The molecule has 1 aromatic heterocycles. The lowest BCUT2D eigenvalue weighted by molar-refractivity contribution is -0.139. The van der Waals surface area contributed by atoms with Crippen molar-refractivity contribution in [3.63, 3.8) is 0 Å². The lowest BCUT2D eigenvalue weighted by atomic mass is 10.1. The first kappa shape index (κ1) is 14.8. The van der Waals surface area contributed by atoms with Gasteiger partial charge in [0, 0.05) is 24.5 Å². The zero-order chi connectivity index (χ0) is 15.9. The van der Waals surface area contributed by atoms with Crippen molar-refractivity contribution in [1.82, 2.24) is 14.8 Å². The molecule has 118 valence electrons. The zero-order valence-electron chi connectivity index (χ0n) is 11.6. The number of aromatic nitrogens is 1. The minimum atomic E-state index is -4.54. The molecule has 3 amide bonds. The fraction of sp³-hybridized carbons (Fsp3) is 0.500. The van der Waals surface area contributed by atoms with Crippen LogP contribution < -0.4 is 0 Å². The number of alkyl halides is 3. The predicted octanol–water partition coefficient (Wildman–Crippen LogP) is 2.27. The largest absolute Gasteiger partial charge is 0.416 e. The van der Waals surface area contributed by atoms with Gasteiger partial charge in [0.25, 0.3) is 5.91 Å². The van der Waals surface area contributed by atoms with Crippen LogP contribution in [0.3, 0.4) is 0 Å². The Hall–Kier alpha value is -2.12. The van der Waals surface area contributed by atoms with Crippen LogP contribution >= 0.6 is 0 Å². The van der Waals surface area contributed by atoms with E-state index in [9.17, 15) is 22.8 Å². The van der Waals surface area contributed by atoms with Crippen molar-refractivity contribution >= 4 is 11.9 Å². The number of nitrogens with zero attached hydrogens (tertiary/aromatic N) is 3. The summed E-state index contributed by atoms with van der Waals surface area (Å²) >= 11 is 0. The molecule has 2 fully saturated rings. The maximum atomic E-state index is 12.9. The van der Waals surface area contributed by atoms with Crippen molar-refractivity contribution in [2.24, 2.45) is 5.92 Å². The van der Waals surface area contributed by atoms with Gasteiger partial charge >= 0.3 is 12.2 Å². The number of amides is 3. The number of rotatable bonds is 4. The minimum Gasteiger partial charge on any atom is -0.315 e. The Morgan fingerprint density at radius 1 is 1.27 bits per heavy atom. The molecular weight excluding hydrogens is 299 g/mol. The van der Waals surface area contributed by atoms with Crippen molar-refractivity contribution in [2.75, 3.05) is 13.1 Å². The highest BCUT2D eigenvalue weighted by Gasteiger charge is 2.40. The van der Waals surface area contributed by atoms with Crippen LogP contribution in [0, 0.1) is 5.92 Å². The second kappa shape index (κ2) is 5.26. The quantitative estimate of drug-likeness (QED) is 0.801. The third-order valence-corrected chi connectivity index (χ3v) is 3.84. The Labute approximate surface area is 124 Å². The highest BCUT2D eigenvalue weighted by molar-refractivity contribution is 6.01. The second-order valence-corrected chi connectivity index (χ2v) is 5.62. The fourth-order valence-electron chi connectivity index (χ4n) is 2.50. The normalized spacial score (nSPS) is 19.2. The average Bonchev–Trinajstić information content (AvgIpc) is 3.22. The van der Waals surface area contributed by atoms with E-state index in [0.717, 1.165) is 36.2 Å². The zero-order valence-corrected chi connectivity index (χ0v) is 11.6. The molecule has 0 atom stereocenters. The van der Waals surface area contributed by atoms with Crippen molar-refractivity contribution < 1.29 is 22.8 Å². The van der Waals surface area contributed by atoms with Crippen molar-refractivity contribution in [3.05, 3.63) is 29.6 Å². The van der Waals surface area contributed by atoms with Crippen LogP contribution in [0.25, 0.3) is 0 Å². The SMILES string of the molecule is O=C1CN(CC2CC2)C(=O)N1Cc1cnccc1C(F)(F)F. The molecule has 1 aliphatic heterocycles. The molecule has 5 nitrogen and oxygen atoms in total. The summed E-state index contributed by atoms with van der Waals surface area (Å²) in [5.74, 6) is -0.0524. The van der Waals surface area contributed by atoms with Crippen LogP contribution in [-0.4, -0.2) is 39.8 Å². The molecule has 0 aromatic carbocycles. The summed E-state index contributed by atoms with van der Waals surface area (Å²) in [6, 6.07) is 0.330. The summed E-state index contributed by atoms with van der Waals surface area (Å²) < 4.78 is 38.8. The Bertz CT molecular complexity index is 614. The molecule has 0 N–H and O–H groups in total. The van der Waals surface area contributed by atoms with Gasteiger partial charge in [-0.05, 0) is 24.8 Å². The molecule has 0 spiro atoms. The molecule has 1 saturated carbocycles. The summed E-state index contributed by atoms with van der Waals surface area (Å²) in [6.07, 6.45) is -0.401. The number of hydrogen-bond acceptors (Lipinski definition) is 3. The van der Waals surface area contributed by atoms with Gasteiger partial charge in [0.15, 0.2) is 0 Å². The standard InChI is InChI=1S/C14H14F3N3O2/c15-14(16,17)11-3-4-18-5-10(11)7-20-12(21)8-19(13(20)22)6-9-1-2-9/h3-5,9H,1-2,6-8H2. The molecule has 3 rings (SSSR count). The predicted molar refractivity (Wildman–Crippen MR) is 69.5 cm³/mol. The summed E-state index contributed by atoms with van der Waals surface area (Å²) in [5.41, 5.74) is -1.05. The molecule has 2 aliphatic rings. The number of halogens is 3. The van der Waals surface area contributed by atoms with Crippen LogP contribution in [0.5, 0.6) is 0 Å². The lowest BCUT2D eigenvalue weighted by Gasteiger charge is -2.19. The van der Waals surface area contributed by atoms with E-state index in [-0.39, 0.29) is 12.1 Å². The molecule has 0 radical (unpaired) electrons. The van der Waals surface area contributed by atoms with Crippen LogP contribution in [-0.2, 0) is 17.5 Å². The lowest BCUT2D eigenvalue weighted by Crippen LogP contribution is -2.34. The monoisotopic (exact) mass is 313 g/mol. The van der Waals surface area contributed by atoms with Gasteiger partial charge in [-0.1, -0.05) is 0 Å². The van der Waals surface area contributed by atoms with Crippen molar-refractivity contribution in [2.45, 2.75) is 25.6 Å². The Balaban J connectivity index is 1.78. The summed E-state index contributed by atoms with van der Waals surface area (Å²) in [5, 5.41) is 0. The van der Waals surface area contributed by atoms with E-state index in [4.69, 9.17) is 0 Å². The van der Waals surface area contributed by atoms with E-state index >= 15 is 0 Å². The summed E-state index contributed by atoms with van der Waals surface area (Å²) in [6.45, 7) is 0.0404. The van der Waals surface area contributed by atoms with Gasteiger partial charge in [-0.15, -0.1) is 0 Å². The highest BCUT2D eigenvalue weighted by atomic mass is 19.4. The first-order valence-corrected chi connectivity index (χ1v) is 6.95. The Kier molecular flexibility index (Phi) is 3.54. The van der Waals surface area contributed by atoms with Gasteiger partial charge in [-0.3, -0.25) is 14.7 Å². The Morgan fingerprint density at radius 2 is 2.00 bits per heavy atom. The fourth-order valence-corrected chi connectivity index (χ4v) is 2.50. The van der Waals surface area contributed by atoms with E-state index in [1.165, 1.54) is 4.90 Å². The molecule has 8 heteroatoms. The third-order valence-electron chi connectivity index (χ3n) is 3.84. The van der Waals surface area contributed by atoms with Crippen LogP contribution in [0.2, 0.25) is 0 Å². The van der Waals surface area contributed by atoms with Gasteiger partial charge < -0.3 is 4.90 Å². The summed E-state index contributed by atoms with van der Waals surface area (Å²) in [7, 11) is 0.